The lowest BCUT2D eigenvalue weighted by Gasteiger charge is -2.32. The summed E-state index contributed by atoms with van der Waals surface area (Å²) in [6, 6.07) is 3.84. The summed E-state index contributed by atoms with van der Waals surface area (Å²) < 4.78 is 0. The van der Waals surface area contributed by atoms with Crippen molar-refractivity contribution >= 4 is 17.4 Å². The van der Waals surface area contributed by atoms with Crippen LogP contribution in [0.15, 0.2) is 17.5 Å². The summed E-state index contributed by atoms with van der Waals surface area (Å²) in [5.74, 6) is 0. The Morgan fingerprint density at radius 3 is 2.83 bits per heavy atom. The minimum Gasteiger partial charge on any atom is -0.383 e. The first kappa shape index (κ1) is 18.2. The van der Waals surface area contributed by atoms with E-state index in [0.717, 1.165) is 30.8 Å². The Labute approximate surface area is 143 Å². The highest BCUT2D eigenvalue weighted by atomic mass is 32.1. The second kappa shape index (κ2) is 8.66. The minimum absolute atomic E-state index is 0.186. The van der Waals surface area contributed by atoms with Gasteiger partial charge in [0.15, 0.2) is 0 Å². The average molecular weight is 340 g/mol. The molecular formula is C17H29N3O2S. The van der Waals surface area contributed by atoms with Crippen molar-refractivity contribution in [2.75, 3.05) is 26.2 Å². The number of unbranched alkanes of at least 4 members (excludes halogenated alkanes) is 1. The smallest absolute Gasteiger partial charge is 0.315 e. The van der Waals surface area contributed by atoms with E-state index in [0.29, 0.717) is 0 Å². The van der Waals surface area contributed by atoms with Gasteiger partial charge in [-0.3, -0.25) is 0 Å². The predicted molar refractivity (Wildman–Crippen MR) is 94.8 cm³/mol. The molecule has 1 aliphatic rings. The molecule has 2 heterocycles. The van der Waals surface area contributed by atoms with Crippen LogP contribution in [0.25, 0.3) is 0 Å². The van der Waals surface area contributed by atoms with Gasteiger partial charge in [-0.2, -0.15) is 0 Å². The Morgan fingerprint density at radius 2 is 2.22 bits per heavy atom. The lowest BCUT2D eigenvalue weighted by atomic mass is 10.0. The predicted octanol–water partition coefficient (Wildman–Crippen LogP) is 2.52. The monoisotopic (exact) mass is 339 g/mol. The third-order valence-corrected chi connectivity index (χ3v) is 5.52. The van der Waals surface area contributed by atoms with Crippen molar-refractivity contribution in [2.45, 2.75) is 51.2 Å². The standard InChI is InChI=1S/C17H29N3O2S/c1-3-4-9-20-10-7-14(8-11-20)19-16(21)18-13-17(2,22)15-6-5-12-23-15/h5-6,12,14,22H,3-4,7-11,13H2,1-2H3,(H2,18,19,21). The lowest BCUT2D eigenvalue weighted by molar-refractivity contribution is 0.0628. The fraction of sp³-hybridized carbons (Fsp3) is 0.706. The molecule has 23 heavy (non-hydrogen) atoms. The van der Waals surface area contributed by atoms with Crippen molar-refractivity contribution in [1.29, 1.82) is 0 Å². The summed E-state index contributed by atoms with van der Waals surface area (Å²) in [5, 5.41) is 18.2. The van der Waals surface area contributed by atoms with E-state index in [1.807, 2.05) is 17.5 Å². The van der Waals surface area contributed by atoms with Gasteiger partial charge < -0.3 is 20.6 Å². The molecule has 0 saturated carbocycles. The number of nitrogens with zero attached hydrogens (tertiary/aromatic N) is 1. The molecule has 1 aliphatic heterocycles. The first-order valence-electron chi connectivity index (χ1n) is 8.54. The zero-order valence-corrected chi connectivity index (χ0v) is 15.0. The maximum absolute atomic E-state index is 12.0. The summed E-state index contributed by atoms with van der Waals surface area (Å²) in [4.78, 5) is 15.4. The van der Waals surface area contributed by atoms with Crippen molar-refractivity contribution < 1.29 is 9.90 Å². The highest BCUT2D eigenvalue weighted by molar-refractivity contribution is 7.10. The van der Waals surface area contributed by atoms with Crippen molar-refractivity contribution in [2.24, 2.45) is 0 Å². The van der Waals surface area contributed by atoms with Gasteiger partial charge in [-0.25, -0.2) is 4.79 Å². The summed E-state index contributed by atoms with van der Waals surface area (Å²) in [6.07, 6.45) is 4.47. The van der Waals surface area contributed by atoms with Gasteiger partial charge in [0.05, 0.1) is 6.54 Å². The molecule has 0 bridgehead atoms. The van der Waals surface area contributed by atoms with Crippen LogP contribution < -0.4 is 10.6 Å². The largest absolute Gasteiger partial charge is 0.383 e. The number of carbonyl (C=O) groups excluding carboxylic acids is 1. The average Bonchev–Trinajstić information content (AvgIpc) is 3.08. The van der Waals surface area contributed by atoms with Gasteiger partial charge >= 0.3 is 6.03 Å². The van der Waals surface area contributed by atoms with Crippen molar-refractivity contribution in [3.05, 3.63) is 22.4 Å². The van der Waals surface area contributed by atoms with Crippen molar-refractivity contribution in [1.82, 2.24) is 15.5 Å². The summed E-state index contributed by atoms with van der Waals surface area (Å²) in [5.41, 5.74) is -1.02. The Balaban J connectivity index is 1.68. The number of amides is 2. The normalized spacial score (nSPS) is 19.3. The Hall–Kier alpha value is -1.11. The minimum atomic E-state index is -1.02. The van der Waals surface area contributed by atoms with Crippen LogP contribution in [0.5, 0.6) is 0 Å². The van der Waals surface area contributed by atoms with Gasteiger partial charge in [-0.05, 0) is 44.2 Å². The third-order valence-electron chi connectivity index (χ3n) is 4.40. The summed E-state index contributed by atoms with van der Waals surface area (Å²) in [7, 11) is 0. The third kappa shape index (κ3) is 5.79. The fourth-order valence-corrected chi connectivity index (χ4v) is 3.63. The molecule has 3 N–H and O–H groups in total. The van der Waals surface area contributed by atoms with E-state index < -0.39 is 5.60 Å². The molecule has 0 radical (unpaired) electrons. The molecule has 1 aromatic rings. The van der Waals surface area contributed by atoms with Gasteiger partial charge in [-0.1, -0.05) is 19.4 Å². The maximum atomic E-state index is 12.0. The number of piperidine rings is 1. The highest BCUT2D eigenvalue weighted by Gasteiger charge is 2.26. The van der Waals surface area contributed by atoms with Crippen LogP contribution in [0.1, 0.15) is 44.4 Å². The molecule has 130 valence electrons. The number of carbonyl (C=O) groups is 1. The van der Waals surface area contributed by atoms with E-state index >= 15 is 0 Å². The number of nitrogens with one attached hydrogen (secondary N) is 2. The first-order valence-corrected chi connectivity index (χ1v) is 9.42. The fourth-order valence-electron chi connectivity index (χ4n) is 2.84. The molecule has 0 aromatic carbocycles. The van der Waals surface area contributed by atoms with E-state index in [4.69, 9.17) is 0 Å². The number of hydrogen-bond donors (Lipinski definition) is 3. The zero-order valence-electron chi connectivity index (χ0n) is 14.2. The highest BCUT2D eigenvalue weighted by Crippen LogP contribution is 2.24. The summed E-state index contributed by atoms with van der Waals surface area (Å²) in [6.45, 7) is 7.43. The zero-order chi connectivity index (χ0) is 16.7. The quantitative estimate of drug-likeness (QED) is 0.715. The van der Waals surface area contributed by atoms with Gasteiger partial charge in [0.2, 0.25) is 0 Å². The topological polar surface area (TPSA) is 64.6 Å². The number of hydrogen-bond acceptors (Lipinski definition) is 4. The van der Waals surface area contributed by atoms with E-state index in [1.165, 1.54) is 30.7 Å². The van der Waals surface area contributed by atoms with Crippen molar-refractivity contribution in [3.8, 4) is 0 Å². The van der Waals surface area contributed by atoms with Gasteiger partial charge in [-0.15, -0.1) is 11.3 Å². The number of likely N-dealkylation sites (tertiary alicyclic amines) is 1. The second-order valence-corrected chi connectivity index (χ2v) is 7.50. The Kier molecular flexibility index (Phi) is 6.87. The molecule has 0 aliphatic carbocycles. The van der Waals surface area contributed by atoms with Crippen LogP contribution in [0.4, 0.5) is 4.79 Å². The van der Waals surface area contributed by atoms with Crippen LogP contribution in [0.2, 0.25) is 0 Å². The molecular weight excluding hydrogens is 310 g/mol. The maximum Gasteiger partial charge on any atom is 0.315 e. The molecule has 2 rings (SSSR count). The van der Waals surface area contributed by atoms with E-state index in [-0.39, 0.29) is 18.6 Å². The second-order valence-electron chi connectivity index (χ2n) is 6.55. The van der Waals surface area contributed by atoms with E-state index in [9.17, 15) is 9.90 Å². The molecule has 1 unspecified atom stereocenters. The van der Waals surface area contributed by atoms with E-state index in [2.05, 4.69) is 22.5 Å². The first-order chi connectivity index (χ1) is 11.0. The number of thiophene rings is 1. The van der Waals surface area contributed by atoms with Crippen LogP contribution in [0, 0.1) is 0 Å². The van der Waals surface area contributed by atoms with Crippen LogP contribution in [-0.2, 0) is 5.60 Å². The van der Waals surface area contributed by atoms with Crippen molar-refractivity contribution in [3.63, 3.8) is 0 Å². The van der Waals surface area contributed by atoms with E-state index in [1.54, 1.807) is 6.92 Å². The molecule has 1 aromatic heterocycles. The van der Waals surface area contributed by atoms with Gasteiger partial charge in [0.25, 0.3) is 0 Å². The molecule has 1 atom stereocenters. The number of aliphatic hydroxyl groups is 1. The summed E-state index contributed by atoms with van der Waals surface area (Å²) >= 11 is 1.50. The van der Waals surface area contributed by atoms with Gasteiger partial charge in [0, 0.05) is 24.0 Å². The molecule has 5 nitrogen and oxygen atoms in total. The number of rotatable bonds is 7. The van der Waals surface area contributed by atoms with Crippen LogP contribution in [0.3, 0.4) is 0 Å². The Morgan fingerprint density at radius 1 is 1.48 bits per heavy atom. The molecule has 2 amide bonds. The SMILES string of the molecule is CCCCN1CCC(NC(=O)NCC(C)(O)c2cccs2)CC1. The lowest BCUT2D eigenvalue weighted by Crippen LogP contribution is -2.50. The molecule has 1 fully saturated rings. The molecule has 6 heteroatoms. The Bertz CT molecular complexity index is 468. The number of urea groups is 1. The van der Waals surface area contributed by atoms with Crippen LogP contribution in [-0.4, -0.2) is 48.3 Å². The molecule has 1 saturated heterocycles. The van der Waals surface area contributed by atoms with Crippen LogP contribution >= 0.6 is 11.3 Å². The molecule has 0 spiro atoms. The van der Waals surface area contributed by atoms with Gasteiger partial charge in [0.1, 0.15) is 5.60 Å².